The van der Waals surface area contributed by atoms with E-state index in [1.807, 2.05) is 48.7 Å². The van der Waals surface area contributed by atoms with Crippen molar-refractivity contribution in [2.75, 3.05) is 17.7 Å². The fourth-order valence-corrected chi connectivity index (χ4v) is 2.90. The van der Waals surface area contributed by atoms with Crippen LogP contribution < -0.4 is 15.4 Å². The SMILES string of the molecule is COc1cccc(NC(=O)Nc2ccccc2-c2csc(C)n2)c1. The van der Waals surface area contributed by atoms with E-state index in [1.54, 1.807) is 30.6 Å². The molecule has 2 aromatic carbocycles. The predicted octanol–water partition coefficient (Wildman–Crippen LogP) is 4.77. The number of amides is 2. The van der Waals surface area contributed by atoms with Crippen LogP contribution in [0.3, 0.4) is 0 Å². The topological polar surface area (TPSA) is 63.2 Å². The molecule has 3 rings (SSSR count). The number of anilines is 2. The molecule has 0 saturated heterocycles. The van der Waals surface area contributed by atoms with Crippen molar-refractivity contribution in [2.45, 2.75) is 6.92 Å². The Morgan fingerprint density at radius 2 is 1.96 bits per heavy atom. The van der Waals surface area contributed by atoms with Crippen molar-refractivity contribution in [3.63, 3.8) is 0 Å². The second kappa shape index (κ2) is 7.14. The predicted molar refractivity (Wildman–Crippen MR) is 97.9 cm³/mol. The number of aromatic nitrogens is 1. The maximum atomic E-state index is 12.3. The van der Waals surface area contributed by atoms with E-state index in [9.17, 15) is 4.79 Å². The molecule has 24 heavy (non-hydrogen) atoms. The molecule has 0 unspecified atom stereocenters. The third kappa shape index (κ3) is 3.72. The first-order valence-corrected chi connectivity index (χ1v) is 8.27. The Labute approximate surface area is 144 Å². The molecule has 0 aliphatic heterocycles. The lowest BCUT2D eigenvalue weighted by atomic mass is 10.1. The summed E-state index contributed by atoms with van der Waals surface area (Å²) in [5, 5.41) is 8.65. The molecule has 0 spiro atoms. The van der Waals surface area contributed by atoms with Crippen molar-refractivity contribution in [1.82, 2.24) is 4.98 Å². The zero-order chi connectivity index (χ0) is 16.9. The summed E-state index contributed by atoms with van der Waals surface area (Å²) in [5.74, 6) is 0.686. The van der Waals surface area contributed by atoms with Gasteiger partial charge in [0, 0.05) is 22.7 Å². The number of benzene rings is 2. The van der Waals surface area contributed by atoms with Gasteiger partial charge >= 0.3 is 6.03 Å². The molecule has 2 N–H and O–H groups in total. The van der Waals surface area contributed by atoms with Crippen LogP contribution in [-0.2, 0) is 0 Å². The summed E-state index contributed by atoms with van der Waals surface area (Å²) in [6, 6.07) is 14.5. The van der Waals surface area contributed by atoms with Gasteiger partial charge in [0.05, 0.1) is 23.5 Å². The second-order valence-electron chi connectivity index (χ2n) is 5.11. The van der Waals surface area contributed by atoms with E-state index in [4.69, 9.17) is 4.74 Å². The van der Waals surface area contributed by atoms with Crippen LogP contribution in [0, 0.1) is 6.92 Å². The Balaban J connectivity index is 1.77. The Morgan fingerprint density at radius 1 is 1.12 bits per heavy atom. The smallest absolute Gasteiger partial charge is 0.323 e. The Bertz CT molecular complexity index is 861. The van der Waals surface area contributed by atoms with Gasteiger partial charge in [-0.25, -0.2) is 9.78 Å². The minimum absolute atomic E-state index is 0.317. The van der Waals surface area contributed by atoms with Crippen molar-refractivity contribution < 1.29 is 9.53 Å². The number of carbonyl (C=O) groups excluding carboxylic acids is 1. The van der Waals surface area contributed by atoms with E-state index < -0.39 is 0 Å². The number of nitrogens with zero attached hydrogens (tertiary/aromatic N) is 1. The zero-order valence-electron chi connectivity index (χ0n) is 13.4. The molecule has 0 fully saturated rings. The summed E-state index contributed by atoms with van der Waals surface area (Å²) in [4.78, 5) is 16.8. The van der Waals surface area contributed by atoms with E-state index in [1.165, 1.54) is 0 Å². The van der Waals surface area contributed by atoms with E-state index in [0.717, 1.165) is 16.3 Å². The van der Waals surface area contributed by atoms with Crippen molar-refractivity contribution in [3.8, 4) is 17.0 Å². The quantitative estimate of drug-likeness (QED) is 0.719. The molecular formula is C18H17N3O2S. The molecule has 2 amide bonds. The van der Waals surface area contributed by atoms with Crippen LogP contribution in [-0.4, -0.2) is 18.1 Å². The number of hydrogen-bond acceptors (Lipinski definition) is 4. The van der Waals surface area contributed by atoms with Crippen LogP contribution in [0.15, 0.2) is 53.9 Å². The highest BCUT2D eigenvalue weighted by molar-refractivity contribution is 7.09. The van der Waals surface area contributed by atoms with Gasteiger partial charge in [0.2, 0.25) is 0 Å². The summed E-state index contributed by atoms with van der Waals surface area (Å²) in [6.07, 6.45) is 0. The van der Waals surface area contributed by atoms with Gasteiger partial charge < -0.3 is 15.4 Å². The molecule has 0 bridgehead atoms. The average molecular weight is 339 g/mol. The Morgan fingerprint density at radius 3 is 2.71 bits per heavy atom. The molecule has 0 saturated carbocycles. The van der Waals surface area contributed by atoms with Gasteiger partial charge in [-0.1, -0.05) is 24.3 Å². The van der Waals surface area contributed by atoms with E-state index in [2.05, 4.69) is 15.6 Å². The number of hydrogen-bond donors (Lipinski definition) is 2. The van der Waals surface area contributed by atoms with Gasteiger partial charge in [-0.05, 0) is 25.1 Å². The third-order valence-corrected chi connectivity index (χ3v) is 4.17. The summed E-state index contributed by atoms with van der Waals surface area (Å²) in [5.41, 5.74) is 3.12. The number of carbonyl (C=O) groups is 1. The van der Waals surface area contributed by atoms with E-state index in [0.29, 0.717) is 17.1 Å². The summed E-state index contributed by atoms with van der Waals surface area (Å²) >= 11 is 1.58. The molecule has 1 heterocycles. The molecule has 0 atom stereocenters. The molecule has 3 aromatic rings. The second-order valence-corrected chi connectivity index (χ2v) is 6.17. The van der Waals surface area contributed by atoms with Crippen LogP contribution in [0.2, 0.25) is 0 Å². The first-order valence-electron chi connectivity index (χ1n) is 7.39. The van der Waals surface area contributed by atoms with Crippen LogP contribution >= 0.6 is 11.3 Å². The van der Waals surface area contributed by atoms with Crippen LogP contribution in [0.1, 0.15) is 5.01 Å². The minimum Gasteiger partial charge on any atom is -0.497 e. The summed E-state index contributed by atoms with van der Waals surface area (Å²) in [6.45, 7) is 1.96. The van der Waals surface area contributed by atoms with Gasteiger partial charge in [-0.2, -0.15) is 0 Å². The fourth-order valence-electron chi connectivity index (χ4n) is 2.29. The molecule has 0 aliphatic carbocycles. The zero-order valence-corrected chi connectivity index (χ0v) is 14.2. The monoisotopic (exact) mass is 339 g/mol. The first kappa shape index (κ1) is 16.0. The van der Waals surface area contributed by atoms with Crippen molar-refractivity contribution >= 4 is 28.7 Å². The number of rotatable bonds is 4. The first-order chi connectivity index (χ1) is 11.7. The van der Waals surface area contributed by atoms with E-state index in [-0.39, 0.29) is 6.03 Å². The van der Waals surface area contributed by atoms with Gasteiger partial charge in [-0.3, -0.25) is 0 Å². The number of urea groups is 1. The Hall–Kier alpha value is -2.86. The normalized spacial score (nSPS) is 10.2. The largest absolute Gasteiger partial charge is 0.497 e. The van der Waals surface area contributed by atoms with Gasteiger partial charge in [0.25, 0.3) is 0 Å². The summed E-state index contributed by atoms with van der Waals surface area (Å²) in [7, 11) is 1.59. The van der Waals surface area contributed by atoms with Crippen molar-refractivity contribution in [3.05, 3.63) is 58.9 Å². The Kier molecular flexibility index (Phi) is 4.77. The molecule has 1 aromatic heterocycles. The molecule has 122 valence electrons. The number of methoxy groups -OCH3 is 1. The lowest BCUT2D eigenvalue weighted by Crippen LogP contribution is -2.19. The van der Waals surface area contributed by atoms with Crippen molar-refractivity contribution in [2.24, 2.45) is 0 Å². The maximum absolute atomic E-state index is 12.3. The van der Waals surface area contributed by atoms with Gasteiger partial charge in [0.1, 0.15) is 5.75 Å². The number of thiazole rings is 1. The number of para-hydroxylation sites is 1. The molecule has 5 nitrogen and oxygen atoms in total. The molecule has 0 radical (unpaired) electrons. The average Bonchev–Trinajstić information content (AvgIpc) is 3.01. The molecule has 0 aliphatic rings. The van der Waals surface area contributed by atoms with Crippen LogP contribution in [0.5, 0.6) is 5.75 Å². The minimum atomic E-state index is -0.317. The van der Waals surface area contributed by atoms with E-state index >= 15 is 0 Å². The number of nitrogens with one attached hydrogen (secondary N) is 2. The third-order valence-electron chi connectivity index (χ3n) is 3.40. The standard InChI is InChI=1S/C18H17N3O2S/c1-12-19-17(11-24-12)15-8-3-4-9-16(15)21-18(22)20-13-6-5-7-14(10-13)23-2/h3-11H,1-2H3,(H2,20,21,22). The number of aryl methyl sites for hydroxylation is 1. The summed E-state index contributed by atoms with van der Waals surface area (Å²) < 4.78 is 5.16. The van der Waals surface area contributed by atoms with Gasteiger partial charge in [-0.15, -0.1) is 11.3 Å². The molecular weight excluding hydrogens is 322 g/mol. The highest BCUT2D eigenvalue weighted by Crippen LogP contribution is 2.29. The van der Waals surface area contributed by atoms with Crippen LogP contribution in [0.25, 0.3) is 11.3 Å². The highest BCUT2D eigenvalue weighted by Gasteiger charge is 2.10. The van der Waals surface area contributed by atoms with Crippen molar-refractivity contribution in [1.29, 1.82) is 0 Å². The lowest BCUT2D eigenvalue weighted by molar-refractivity contribution is 0.262. The lowest BCUT2D eigenvalue weighted by Gasteiger charge is -2.11. The molecule has 6 heteroatoms. The fraction of sp³-hybridized carbons (Fsp3) is 0.111. The van der Waals surface area contributed by atoms with Crippen LogP contribution in [0.4, 0.5) is 16.2 Å². The highest BCUT2D eigenvalue weighted by atomic mass is 32.1. The maximum Gasteiger partial charge on any atom is 0.323 e. The van der Waals surface area contributed by atoms with Gasteiger partial charge in [0.15, 0.2) is 0 Å². The number of ether oxygens (including phenoxy) is 1.